The van der Waals surface area contributed by atoms with Gasteiger partial charge in [0.1, 0.15) is 9.35 Å². The number of likely N-dealkylation sites (tertiary alicyclic amines) is 1. The van der Waals surface area contributed by atoms with E-state index in [1.54, 1.807) is 4.90 Å². The molecule has 0 aromatic carbocycles. The number of hydrogen-bond acceptors (Lipinski definition) is 2. The van der Waals surface area contributed by atoms with E-state index >= 15 is 0 Å². The Kier molecular flexibility index (Phi) is 4.53. The molecule has 1 fully saturated rings. The lowest BCUT2D eigenvalue weighted by molar-refractivity contribution is -0.0252. The first kappa shape index (κ1) is 17.5. The summed E-state index contributed by atoms with van der Waals surface area (Å²) < 4.78 is 3.14. The summed E-state index contributed by atoms with van der Waals surface area (Å²) >= 11 is 2.32. The van der Waals surface area contributed by atoms with E-state index in [1.807, 2.05) is 24.4 Å². The van der Waals surface area contributed by atoms with Crippen LogP contribution in [0.2, 0.25) is 0 Å². The van der Waals surface area contributed by atoms with Crippen LogP contribution >= 0.6 is 22.6 Å². The van der Waals surface area contributed by atoms with Crippen LogP contribution in [-0.4, -0.2) is 37.6 Å². The summed E-state index contributed by atoms with van der Waals surface area (Å²) in [5.74, 6) is 0. The quantitative estimate of drug-likeness (QED) is 0.702. The van der Waals surface area contributed by atoms with Gasteiger partial charge in [-0.15, -0.1) is 0 Å². The number of rotatable bonds is 2. The van der Waals surface area contributed by atoms with Crippen molar-refractivity contribution < 1.29 is 9.90 Å². The van der Waals surface area contributed by atoms with E-state index in [0.29, 0.717) is 13.0 Å². The topological polar surface area (TPSA) is 57.8 Å². The molecule has 0 aliphatic carbocycles. The Balaban J connectivity index is 2.09. The summed E-state index contributed by atoms with van der Waals surface area (Å²) in [5, 5.41) is 9.82. The van der Waals surface area contributed by atoms with E-state index in [2.05, 4.69) is 47.8 Å². The summed E-state index contributed by atoms with van der Waals surface area (Å²) in [6.45, 7) is 7.06. The van der Waals surface area contributed by atoms with E-state index in [1.165, 1.54) is 0 Å². The Bertz CT molecular complexity index is 765. The van der Waals surface area contributed by atoms with Gasteiger partial charge in [0.25, 0.3) is 0 Å². The molecule has 0 bridgehead atoms. The predicted octanol–water partition coefficient (Wildman–Crippen LogP) is 4.43. The average Bonchev–Trinajstić information content (AvgIpc) is 2.83. The van der Waals surface area contributed by atoms with Crippen molar-refractivity contribution in [3.05, 3.63) is 33.8 Å². The van der Waals surface area contributed by atoms with Gasteiger partial charge in [-0.05, 0) is 59.4 Å². The molecule has 2 aromatic heterocycles. The van der Waals surface area contributed by atoms with Gasteiger partial charge < -0.3 is 10.0 Å². The minimum absolute atomic E-state index is 0.162. The maximum atomic E-state index is 12.0. The first-order chi connectivity index (χ1) is 11.3. The molecular weight excluding hydrogens is 417 g/mol. The van der Waals surface area contributed by atoms with Crippen LogP contribution in [0.3, 0.4) is 0 Å². The summed E-state index contributed by atoms with van der Waals surface area (Å²) in [5.41, 5.74) is 1.32. The highest BCUT2D eigenvalue weighted by molar-refractivity contribution is 14.1. The fourth-order valence-corrected chi connectivity index (χ4v) is 4.67. The molecule has 3 heterocycles. The maximum Gasteiger partial charge on any atom is 0.407 e. The molecule has 6 heteroatoms. The van der Waals surface area contributed by atoms with Crippen LogP contribution in [0.25, 0.3) is 5.65 Å². The Morgan fingerprint density at radius 3 is 2.75 bits per heavy atom. The molecule has 1 amide bonds. The lowest BCUT2D eigenvalue weighted by atomic mass is 9.65. The largest absolute Gasteiger partial charge is 0.465 e. The number of amides is 1. The molecule has 3 rings (SSSR count). The molecule has 24 heavy (non-hydrogen) atoms. The Morgan fingerprint density at radius 1 is 1.38 bits per heavy atom. The first-order valence-electron chi connectivity index (χ1n) is 8.38. The zero-order valence-electron chi connectivity index (χ0n) is 14.4. The first-order valence-corrected chi connectivity index (χ1v) is 9.46. The standard InChI is InChI=1S/C18H24IN3O2/c1-17(2,3)18(9-5-7-11-22(18)16(23)24)12-13-15(19)21-10-6-4-8-14(21)20-13/h4,6,8,10H,5,7,9,11-12H2,1-3H3,(H,23,24)/t18-/m0/s1. The van der Waals surface area contributed by atoms with E-state index in [9.17, 15) is 9.90 Å². The van der Waals surface area contributed by atoms with E-state index in [-0.39, 0.29) is 5.41 Å². The lowest BCUT2D eigenvalue weighted by Gasteiger charge is -2.53. The normalized spacial score (nSPS) is 22.1. The zero-order chi connectivity index (χ0) is 17.5. The van der Waals surface area contributed by atoms with Crippen LogP contribution in [0.1, 0.15) is 45.7 Å². The van der Waals surface area contributed by atoms with Crippen LogP contribution in [0, 0.1) is 9.12 Å². The highest BCUT2D eigenvalue weighted by atomic mass is 127. The van der Waals surface area contributed by atoms with Gasteiger partial charge in [0.05, 0.1) is 11.2 Å². The van der Waals surface area contributed by atoms with Crippen molar-refractivity contribution in [3.63, 3.8) is 0 Å². The second kappa shape index (κ2) is 6.20. The molecule has 0 spiro atoms. The predicted molar refractivity (Wildman–Crippen MR) is 102 cm³/mol. The number of halogens is 1. The van der Waals surface area contributed by atoms with Crippen molar-refractivity contribution in [1.82, 2.24) is 14.3 Å². The van der Waals surface area contributed by atoms with Crippen molar-refractivity contribution in [3.8, 4) is 0 Å². The third-order valence-corrected chi connectivity index (χ3v) is 6.51. The molecule has 0 saturated carbocycles. The van der Waals surface area contributed by atoms with Gasteiger partial charge in [-0.1, -0.05) is 26.8 Å². The van der Waals surface area contributed by atoms with Gasteiger partial charge >= 0.3 is 6.09 Å². The molecule has 130 valence electrons. The zero-order valence-corrected chi connectivity index (χ0v) is 16.6. The number of piperidine rings is 1. The molecule has 0 radical (unpaired) electrons. The fourth-order valence-electron chi connectivity index (χ4n) is 3.95. The highest BCUT2D eigenvalue weighted by Crippen LogP contribution is 2.45. The molecule has 2 aromatic rings. The Labute approximate surface area is 156 Å². The van der Waals surface area contributed by atoms with Crippen molar-refractivity contribution in [1.29, 1.82) is 0 Å². The number of carboxylic acid groups (broad SMARTS) is 1. The Morgan fingerprint density at radius 2 is 2.12 bits per heavy atom. The van der Waals surface area contributed by atoms with Gasteiger partial charge in [-0.3, -0.25) is 4.40 Å². The smallest absolute Gasteiger partial charge is 0.407 e. The van der Waals surface area contributed by atoms with Crippen molar-refractivity contribution in [2.75, 3.05) is 6.54 Å². The molecule has 0 unspecified atom stereocenters. The second-order valence-electron chi connectivity index (χ2n) is 7.63. The van der Waals surface area contributed by atoms with E-state index in [4.69, 9.17) is 4.98 Å². The third-order valence-electron chi connectivity index (χ3n) is 5.36. The van der Waals surface area contributed by atoms with Crippen LogP contribution in [0.5, 0.6) is 0 Å². The van der Waals surface area contributed by atoms with Crippen LogP contribution in [0.4, 0.5) is 4.79 Å². The fraction of sp³-hybridized carbons (Fsp3) is 0.556. The van der Waals surface area contributed by atoms with Crippen molar-refractivity contribution in [2.24, 2.45) is 5.41 Å². The van der Waals surface area contributed by atoms with Gasteiger partial charge in [-0.2, -0.15) is 0 Å². The van der Waals surface area contributed by atoms with Crippen molar-refractivity contribution in [2.45, 2.75) is 52.0 Å². The summed E-state index contributed by atoms with van der Waals surface area (Å²) in [6.07, 6.45) is 4.73. The van der Waals surface area contributed by atoms with Crippen molar-refractivity contribution >= 4 is 34.3 Å². The number of nitrogens with zero attached hydrogens (tertiary/aromatic N) is 3. The number of pyridine rings is 1. The minimum Gasteiger partial charge on any atom is -0.465 e. The summed E-state index contributed by atoms with van der Waals surface area (Å²) in [6, 6.07) is 5.96. The van der Waals surface area contributed by atoms with E-state index < -0.39 is 11.6 Å². The molecular formula is C18H24IN3O2. The number of imidazole rings is 1. The monoisotopic (exact) mass is 441 g/mol. The van der Waals surface area contributed by atoms with Gasteiger partial charge in [-0.25, -0.2) is 9.78 Å². The summed E-state index contributed by atoms with van der Waals surface area (Å²) in [7, 11) is 0. The van der Waals surface area contributed by atoms with Gasteiger partial charge in [0.15, 0.2) is 0 Å². The summed E-state index contributed by atoms with van der Waals surface area (Å²) in [4.78, 5) is 18.4. The number of fused-ring (bicyclic) bond motifs is 1. The number of carbonyl (C=O) groups is 1. The molecule has 1 saturated heterocycles. The number of aromatic nitrogens is 2. The van der Waals surface area contributed by atoms with Gasteiger partial charge in [0, 0.05) is 19.2 Å². The Hall–Kier alpha value is -1.31. The van der Waals surface area contributed by atoms with Crippen LogP contribution in [0.15, 0.2) is 24.4 Å². The average molecular weight is 441 g/mol. The highest BCUT2D eigenvalue weighted by Gasteiger charge is 2.50. The second-order valence-corrected chi connectivity index (χ2v) is 8.65. The molecule has 5 nitrogen and oxygen atoms in total. The third kappa shape index (κ3) is 2.78. The maximum absolute atomic E-state index is 12.0. The molecule has 1 atom stereocenters. The van der Waals surface area contributed by atoms with E-state index in [0.717, 1.165) is 34.3 Å². The van der Waals surface area contributed by atoms with Gasteiger partial charge in [0.2, 0.25) is 0 Å². The molecule has 1 N–H and O–H groups in total. The molecule has 1 aliphatic heterocycles. The molecule has 1 aliphatic rings. The van der Waals surface area contributed by atoms with Crippen LogP contribution < -0.4 is 0 Å². The SMILES string of the molecule is CC(C)(C)[C@@]1(Cc2nc3ccccn3c2I)CCCCN1C(=O)O. The van der Waals surface area contributed by atoms with Crippen LogP contribution in [-0.2, 0) is 6.42 Å². The number of hydrogen-bond donors (Lipinski definition) is 1. The lowest BCUT2D eigenvalue weighted by Crippen LogP contribution is -2.62. The minimum atomic E-state index is -0.816.